The molecule has 1 amide bonds. The van der Waals surface area contributed by atoms with Crippen LogP contribution in [0.1, 0.15) is 36.5 Å². The molecule has 0 aliphatic rings. The zero-order chi connectivity index (χ0) is 21.6. The first-order valence-electron chi connectivity index (χ1n) is 8.90. The van der Waals surface area contributed by atoms with Crippen LogP contribution in [-0.2, 0) is 21.2 Å². The number of phenols is 1. The van der Waals surface area contributed by atoms with Crippen molar-refractivity contribution in [2.24, 2.45) is 5.73 Å². The summed E-state index contributed by atoms with van der Waals surface area (Å²) in [5.41, 5.74) is 6.97. The van der Waals surface area contributed by atoms with E-state index in [0.29, 0.717) is 11.3 Å². The van der Waals surface area contributed by atoms with Gasteiger partial charge in [-0.15, -0.1) is 0 Å². The Morgan fingerprint density at radius 3 is 2.62 bits per heavy atom. The number of primary amides is 1. The summed E-state index contributed by atoms with van der Waals surface area (Å²) >= 11 is 0. The van der Waals surface area contributed by atoms with Crippen molar-refractivity contribution >= 4 is 15.9 Å². The van der Waals surface area contributed by atoms with Crippen molar-refractivity contribution in [2.45, 2.75) is 31.1 Å². The first kappa shape index (κ1) is 22.2. The van der Waals surface area contributed by atoms with Crippen LogP contribution in [0.3, 0.4) is 0 Å². The summed E-state index contributed by atoms with van der Waals surface area (Å²) in [6.07, 6.45) is 0.282. The number of nitrogens with one attached hydrogen (secondary N) is 1. The Labute approximate surface area is 170 Å². The van der Waals surface area contributed by atoms with Gasteiger partial charge in [-0.1, -0.05) is 26.0 Å². The molecule has 2 aromatic carbocycles. The molecule has 0 aliphatic heterocycles. The third kappa shape index (κ3) is 5.94. The molecule has 0 aromatic heterocycles. The van der Waals surface area contributed by atoms with Gasteiger partial charge in [0.15, 0.2) is 6.61 Å². The van der Waals surface area contributed by atoms with E-state index in [1.165, 1.54) is 6.07 Å². The van der Waals surface area contributed by atoms with Crippen LogP contribution in [0.15, 0.2) is 41.3 Å². The first-order valence-corrected chi connectivity index (χ1v) is 10.4. The lowest BCUT2D eigenvalue weighted by Crippen LogP contribution is -2.26. The maximum atomic E-state index is 12.5. The van der Waals surface area contributed by atoms with E-state index >= 15 is 0 Å². The van der Waals surface area contributed by atoms with Crippen molar-refractivity contribution < 1.29 is 23.1 Å². The Hall–Kier alpha value is -3.09. The summed E-state index contributed by atoms with van der Waals surface area (Å²) < 4.78 is 32.8. The number of sulfonamides is 1. The maximum Gasteiger partial charge on any atom is 0.255 e. The standard InChI is InChI=1S/C20H23N3O5S/c1-13(2)16-5-4-15(18(10-16)28-12-20(22)25)7-8-23-29(26,27)19-9-14(11-21)3-6-17(19)24/h3-6,9-10,13,23-24H,7-8,12H2,1-2H3,(H2,22,25). The highest BCUT2D eigenvalue weighted by atomic mass is 32.2. The quantitative estimate of drug-likeness (QED) is 0.567. The lowest BCUT2D eigenvalue weighted by molar-refractivity contribution is -0.119. The van der Waals surface area contributed by atoms with Gasteiger partial charge in [-0.05, 0) is 47.7 Å². The number of rotatable bonds is 9. The first-order chi connectivity index (χ1) is 13.6. The Kier molecular flexibility index (Phi) is 7.20. The summed E-state index contributed by atoms with van der Waals surface area (Å²) in [7, 11) is -4.02. The minimum absolute atomic E-state index is 0.0203. The van der Waals surface area contributed by atoms with E-state index in [-0.39, 0.29) is 35.9 Å². The van der Waals surface area contributed by atoms with Gasteiger partial charge in [-0.25, -0.2) is 13.1 Å². The molecule has 0 bridgehead atoms. The molecule has 0 fully saturated rings. The van der Waals surface area contributed by atoms with E-state index in [1.54, 1.807) is 6.07 Å². The molecule has 2 rings (SSSR count). The molecular formula is C20H23N3O5S. The summed E-state index contributed by atoms with van der Waals surface area (Å²) in [4.78, 5) is 10.7. The molecule has 29 heavy (non-hydrogen) atoms. The molecule has 8 nitrogen and oxygen atoms in total. The minimum atomic E-state index is -4.02. The Bertz CT molecular complexity index is 1040. The highest BCUT2D eigenvalue weighted by molar-refractivity contribution is 7.89. The number of amides is 1. The van der Waals surface area contributed by atoms with E-state index in [9.17, 15) is 18.3 Å². The van der Waals surface area contributed by atoms with Crippen LogP contribution in [0.25, 0.3) is 0 Å². The van der Waals surface area contributed by atoms with Crippen molar-refractivity contribution in [3.8, 4) is 17.6 Å². The normalized spacial score (nSPS) is 11.2. The van der Waals surface area contributed by atoms with E-state index in [2.05, 4.69) is 4.72 Å². The lowest BCUT2D eigenvalue weighted by atomic mass is 10.00. The van der Waals surface area contributed by atoms with Crippen LogP contribution in [0.4, 0.5) is 0 Å². The largest absolute Gasteiger partial charge is 0.507 e. The fraction of sp³-hybridized carbons (Fsp3) is 0.300. The van der Waals surface area contributed by atoms with Crippen LogP contribution < -0.4 is 15.2 Å². The zero-order valence-corrected chi connectivity index (χ0v) is 17.0. The average Bonchev–Trinajstić information content (AvgIpc) is 2.66. The molecule has 0 saturated heterocycles. The molecule has 0 saturated carbocycles. The second-order valence-corrected chi connectivity index (χ2v) is 8.45. The van der Waals surface area contributed by atoms with E-state index in [1.807, 2.05) is 32.0 Å². The van der Waals surface area contributed by atoms with Gasteiger partial charge in [0.1, 0.15) is 16.4 Å². The number of hydrogen-bond acceptors (Lipinski definition) is 6. The van der Waals surface area contributed by atoms with Crippen molar-refractivity contribution in [3.63, 3.8) is 0 Å². The number of carbonyl (C=O) groups is 1. The van der Waals surface area contributed by atoms with Crippen molar-refractivity contribution in [1.29, 1.82) is 5.26 Å². The molecule has 9 heteroatoms. The number of benzene rings is 2. The lowest BCUT2D eigenvalue weighted by Gasteiger charge is -2.15. The van der Waals surface area contributed by atoms with Gasteiger partial charge in [0.2, 0.25) is 10.0 Å². The van der Waals surface area contributed by atoms with Crippen LogP contribution in [-0.4, -0.2) is 32.6 Å². The van der Waals surface area contributed by atoms with E-state index in [4.69, 9.17) is 15.7 Å². The second-order valence-electron chi connectivity index (χ2n) is 6.72. The summed E-state index contributed by atoms with van der Waals surface area (Å²) in [5.74, 6) is -0.347. The number of nitrogens with zero attached hydrogens (tertiary/aromatic N) is 1. The van der Waals surface area contributed by atoms with E-state index in [0.717, 1.165) is 17.7 Å². The van der Waals surface area contributed by atoms with Gasteiger partial charge in [-0.2, -0.15) is 5.26 Å². The summed E-state index contributed by atoms with van der Waals surface area (Å²) in [6, 6.07) is 11.0. The van der Waals surface area contributed by atoms with Crippen LogP contribution >= 0.6 is 0 Å². The Morgan fingerprint density at radius 1 is 1.28 bits per heavy atom. The number of nitrogens with two attached hydrogens (primary N) is 1. The second kappa shape index (κ2) is 9.41. The smallest absolute Gasteiger partial charge is 0.255 e. The van der Waals surface area contributed by atoms with Gasteiger partial charge in [-0.3, -0.25) is 4.79 Å². The van der Waals surface area contributed by atoms with Gasteiger partial charge < -0.3 is 15.6 Å². The van der Waals surface area contributed by atoms with Crippen LogP contribution in [0.5, 0.6) is 11.5 Å². The number of aromatic hydroxyl groups is 1. The van der Waals surface area contributed by atoms with Gasteiger partial charge in [0.05, 0.1) is 11.6 Å². The third-order valence-electron chi connectivity index (χ3n) is 4.19. The number of phenolic OH excluding ortho intramolecular Hbond substituents is 1. The SMILES string of the molecule is CC(C)c1ccc(CCNS(=O)(=O)c2cc(C#N)ccc2O)c(OCC(N)=O)c1. The molecule has 0 radical (unpaired) electrons. The number of nitriles is 1. The molecule has 0 spiro atoms. The average molecular weight is 417 g/mol. The molecular weight excluding hydrogens is 394 g/mol. The predicted molar refractivity (Wildman–Crippen MR) is 107 cm³/mol. The van der Waals surface area contributed by atoms with Gasteiger partial charge in [0, 0.05) is 6.54 Å². The van der Waals surface area contributed by atoms with Crippen LogP contribution in [0.2, 0.25) is 0 Å². The highest BCUT2D eigenvalue weighted by Gasteiger charge is 2.19. The van der Waals surface area contributed by atoms with Gasteiger partial charge in [0.25, 0.3) is 5.91 Å². The summed E-state index contributed by atoms with van der Waals surface area (Å²) in [6.45, 7) is 3.77. The Balaban J connectivity index is 2.17. The molecule has 0 aliphatic carbocycles. The molecule has 0 atom stereocenters. The molecule has 0 heterocycles. The number of hydrogen-bond donors (Lipinski definition) is 3. The fourth-order valence-corrected chi connectivity index (χ4v) is 3.77. The molecule has 0 unspecified atom stereocenters. The summed E-state index contributed by atoms with van der Waals surface area (Å²) in [5, 5.41) is 18.8. The van der Waals surface area contributed by atoms with Gasteiger partial charge >= 0.3 is 0 Å². The molecule has 154 valence electrons. The van der Waals surface area contributed by atoms with Crippen molar-refractivity contribution in [3.05, 3.63) is 53.1 Å². The molecule has 4 N–H and O–H groups in total. The highest BCUT2D eigenvalue weighted by Crippen LogP contribution is 2.26. The Morgan fingerprint density at radius 2 is 2.00 bits per heavy atom. The minimum Gasteiger partial charge on any atom is -0.507 e. The van der Waals surface area contributed by atoms with Crippen LogP contribution in [0, 0.1) is 11.3 Å². The topological polar surface area (TPSA) is 143 Å². The molecule has 2 aromatic rings. The number of carbonyl (C=O) groups excluding carboxylic acids is 1. The third-order valence-corrected chi connectivity index (χ3v) is 5.68. The zero-order valence-electron chi connectivity index (χ0n) is 16.2. The number of ether oxygens (including phenoxy) is 1. The van der Waals surface area contributed by atoms with Crippen molar-refractivity contribution in [2.75, 3.05) is 13.2 Å². The predicted octanol–water partition coefficient (Wildman–Crippen LogP) is 1.77. The fourth-order valence-electron chi connectivity index (χ4n) is 2.62. The van der Waals surface area contributed by atoms with E-state index < -0.39 is 21.7 Å². The van der Waals surface area contributed by atoms with Crippen molar-refractivity contribution in [1.82, 2.24) is 4.72 Å². The maximum absolute atomic E-state index is 12.5. The monoisotopic (exact) mass is 417 g/mol.